The van der Waals surface area contributed by atoms with Gasteiger partial charge in [0.05, 0.1) is 6.61 Å². The second kappa shape index (κ2) is 7.20. The van der Waals surface area contributed by atoms with Crippen molar-refractivity contribution in [3.8, 4) is 0 Å². The van der Waals surface area contributed by atoms with Gasteiger partial charge in [-0.3, -0.25) is 4.90 Å². The zero-order valence-electron chi connectivity index (χ0n) is 10.1. The standard InChI is InChI=1S/C12H25NO2/c1-11(7-10-15-2)13(8-9-14)12-5-3-4-6-12/h11-12,14H,3-10H2,1-2H3. The first-order valence-electron chi connectivity index (χ1n) is 6.15. The minimum absolute atomic E-state index is 0.272. The topological polar surface area (TPSA) is 32.7 Å². The van der Waals surface area contributed by atoms with Gasteiger partial charge in [-0.2, -0.15) is 0 Å². The number of aliphatic hydroxyl groups is 1. The van der Waals surface area contributed by atoms with Crippen LogP contribution in [0.1, 0.15) is 39.0 Å². The van der Waals surface area contributed by atoms with E-state index in [1.165, 1.54) is 25.7 Å². The van der Waals surface area contributed by atoms with Crippen LogP contribution in [-0.4, -0.2) is 49.0 Å². The van der Waals surface area contributed by atoms with Gasteiger partial charge in [-0.15, -0.1) is 0 Å². The molecule has 1 rings (SSSR count). The van der Waals surface area contributed by atoms with Crippen LogP contribution in [0.5, 0.6) is 0 Å². The first-order chi connectivity index (χ1) is 7.29. The van der Waals surface area contributed by atoms with Crippen LogP contribution >= 0.6 is 0 Å². The largest absolute Gasteiger partial charge is 0.395 e. The number of methoxy groups -OCH3 is 1. The molecule has 1 atom stereocenters. The Bertz CT molecular complexity index is 158. The summed E-state index contributed by atoms with van der Waals surface area (Å²) in [5.74, 6) is 0. The van der Waals surface area contributed by atoms with E-state index in [2.05, 4.69) is 11.8 Å². The lowest BCUT2D eigenvalue weighted by atomic mass is 10.1. The third kappa shape index (κ3) is 4.09. The van der Waals surface area contributed by atoms with Crippen LogP contribution in [0.3, 0.4) is 0 Å². The van der Waals surface area contributed by atoms with E-state index in [1.54, 1.807) is 7.11 Å². The van der Waals surface area contributed by atoms with Crippen LogP contribution in [-0.2, 0) is 4.74 Å². The van der Waals surface area contributed by atoms with Crippen molar-refractivity contribution in [3.63, 3.8) is 0 Å². The van der Waals surface area contributed by atoms with E-state index in [-0.39, 0.29) is 6.61 Å². The van der Waals surface area contributed by atoms with Gasteiger partial charge in [0.25, 0.3) is 0 Å². The summed E-state index contributed by atoms with van der Waals surface area (Å²) in [4.78, 5) is 2.46. The molecule has 1 aliphatic carbocycles. The van der Waals surface area contributed by atoms with E-state index in [9.17, 15) is 0 Å². The number of nitrogens with zero attached hydrogens (tertiary/aromatic N) is 1. The van der Waals surface area contributed by atoms with Gasteiger partial charge in [0.1, 0.15) is 0 Å². The highest BCUT2D eigenvalue weighted by molar-refractivity contribution is 4.80. The van der Waals surface area contributed by atoms with Gasteiger partial charge in [0, 0.05) is 32.3 Å². The molecule has 0 spiro atoms. The Hall–Kier alpha value is -0.120. The highest BCUT2D eigenvalue weighted by Crippen LogP contribution is 2.25. The fraction of sp³-hybridized carbons (Fsp3) is 1.00. The Kier molecular flexibility index (Phi) is 6.22. The Morgan fingerprint density at radius 1 is 1.40 bits per heavy atom. The van der Waals surface area contributed by atoms with Crippen molar-refractivity contribution in [2.75, 3.05) is 26.9 Å². The SMILES string of the molecule is COCCC(C)N(CCO)C1CCCC1. The van der Waals surface area contributed by atoms with Crippen molar-refractivity contribution in [1.82, 2.24) is 4.90 Å². The fourth-order valence-corrected chi connectivity index (χ4v) is 2.57. The first-order valence-corrected chi connectivity index (χ1v) is 6.15. The van der Waals surface area contributed by atoms with Crippen molar-refractivity contribution in [1.29, 1.82) is 0 Å². The van der Waals surface area contributed by atoms with Gasteiger partial charge in [-0.1, -0.05) is 12.8 Å². The Morgan fingerprint density at radius 3 is 2.60 bits per heavy atom. The molecule has 0 saturated heterocycles. The zero-order valence-corrected chi connectivity index (χ0v) is 10.1. The van der Waals surface area contributed by atoms with Crippen molar-refractivity contribution in [2.24, 2.45) is 0 Å². The van der Waals surface area contributed by atoms with Crippen LogP contribution in [0.4, 0.5) is 0 Å². The van der Waals surface area contributed by atoms with Gasteiger partial charge >= 0.3 is 0 Å². The van der Waals surface area contributed by atoms with Crippen LogP contribution in [0.15, 0.2) is 0 Å². The van der Waals surface area contributed by atoms with Crippen molar-refractivity contribution >= 4 is 0 Å². The predicted molar refractivity (Wildman–Crippen MR) is 62.0 cm³/mol. The number of ether oxygens (including phenoxy) is 1. The number of aliphatic hydroxyl groups excluding tert-OH is 1. The smallest absolute Gasteiger partial charge is 0.0558 e. The zero-order chi connectivity index (χ0) is 11.1. The maximum Gasteiger partial charge on any atom is 0.0558 e. The lowest BCUT2D eigenvalue weighted by molar-refractivity contribution is 0.0864. The van der Waals surface area contributed by atoms with E-state index >= 15 is 0 Å². The van der Waals surface area contributed by atoms with Gasteiger partial charge in [0.15, 0.2) is 0 Å². The molecule has 0 aromatic rings. The summed E-state index contributed by atoms with van der Waals surface area (Å²) in [6, 6.07) is 1.23. The quantitative estimate of drug-likeness (QED) is 0.701. The molecule has 0 aliphatic heterocycles. The predicted octanol–water partition coefficient (Wildman–Crippen LogP) is 1.65. The summed E-state index contributed by atoms with van der Waals surface area (Å²) in [5.41, 5.74) is 0. The molecule has 15 heavy (non-hydrogen) atoms. The van der Waals surface area contributed by atoms with Crippen LogP contribution in [0.25, 0.3) is 0 Å². The molecule has 0 heterocycles. The van der Waals surface area contributed by atoms with Crippen LogP contribution < -0.4 is 0 Å². The van der Waals surface area contributed by atoms with E-state index in [0.717, 1.165) is 19.6 Å². The lowest BCUT2D eigenvalue weighted by Gasteiger charge is -2.34. The molecule has 0 aromatic heterocycles. The van der Waals surface area contributed by atoms with Gasteiger partial charge in [-0.05, 0) is 26.2 Å². The normalized spacial score (nSPS) is 20.0. The first kappa shape index (κ1) is 12.9. The van der Waals surface area contributed by atoms with Gasteiger partial charge in [-0.25, -0.2) is 0 Å². The summed E-state index contributed by atoms with van der Waals surface area (Å²) in [5, 5.41) is 9.10. The minimum atomic E-state index is 0.272. The number of hydrogen-bond donors (Lipinski definition) is 1. The molecular formula is C12H25NO2. The summed E-state index contributed by atoms with van der Waals surface area (Å²) < 4.78 is 5.11. The summed E-state index contributed by atoms with van der Waals surface area (Å²) in [6.45, 7) is 4.15. The minimum Gasteiger partial charge on any atom is -0.395 e. The van der Waals surface area contributed by atoms with Crippen molar-refractivity contribution in [3.05, 3.63) is 0 Å². The molecule has 0 amide bonds. The highest BCUT2D eigenvalue weighted by atomic mass is 16.5. The lowest BCUT2D eigenvalue weighted by Crippen LogP contribution is -2.42. The van der Waals surface area contributed by atoms with Crippen LogP contribution in [0, 0.1) is 0 Å². The molecule has 90 valence electrons. The average molecular weight is 215 g/mol. The van der Waals surface area contributed by atoms with Gasteiger partial charge < -0.3 is 9.84 Å². The Morgan fingerprint density at radius 2 is 2.07 bits per heavy atom. The molecule has 0 bridgehead atoms. The molecular weight excluding hydrogens is 190 g/mol. The maximum absolute atomic E-state index is 9.10. The molecule has 1 N–H and O–H groups in total. The van der Waals surface area contributed by atoms with E-state index in [1.807, 2.05) is 0 Å². The second-order valence-electron chi connectivity index (χ2n) is 4.53. The number of rotatable bonds is 7. The maximum atomic E-state index is 9.10. The Balaban J connectivity index is 2.39. The third-order valence-electron chi connectivity index (χ3n) is 3.46. The van der Waals surface area contributed by atoms with Crippen LogP contribution in [0.2, 0.25) is 0 Å². The summed E-state index contributed by atoms with van der Waals surface area (Å²) in [6.07, 6.45) is 6.37. The van der Waals surface area contributed by atoms with Crippen molar-refractivity contribution in [2.45, 2.75) is 51.1 Å². The van der Waals surface area contributed by atoms with Crippen molar-refractivity contribution < 1.29 is 9.84 Å². The molecule has 0 radical (unpaired) electrons. The Labute approximate surface area is 93.4 Å². The average Bonchev–Trinajstić information content (AvgIpc) is 2.75. The highest BCUT2D eigenvalue weighted by Gasteiger charge is 2.25. The monoisotopic (exact) mass is 215 g/mol. The fourth-order valence-electron chi connectivity index (χ4n) is 2.57. The number of hydrogen-bond acceptors (Lipinski definition) is 3. The molecule has 3 nitrogen and oxygen atoms in total. The van der Waals surface area contributed by atoms with Gasteiger partial charge in [0.2, 0.25) is 0 Å². The molecule has 3 heteroatoms. The summed E-state index contributed by atoms with van der Waals surface area (Å²) in [7, 11) is 1.75. The van der Waals surface area contributed by atoms with E-state index in [0.29, 0.717) is 12.1 Å². The second-order valence-corrected chi connectivity index (χ2v) is 4.53. The molecule has 1 unspecified atom stereocenters. The molecule has 1 saturated carbocycles. The summed E-state index contributed by atoms with van der Waals surface area (Å²) >= 11 is 0. The third-order valence-corrected chi connectivity index (χ3v) is 3.46. The molecule has 0 aromatic carbocycles. The molecule has 1 fully saturated rings. The molecule has 1 aliphatic rings. The van der Waals surface area contributed by atoms with E-state index in [4.69, 9.17) is 9.84 Å². The van der Waals surface area contributed by atoms with E-state index < -0.39 is 0 Å².